The van der Waals surface area contributed by atoms with E-state index in [0.717, 1.165) is 24.8 Å². The van der Waals surface area contributed by atoms with Crippen LogP contribution in [0.3, 0.4) is 0 Å². The first-order valence-corrected chi connectivity index (χ1v) is 11.6. The summed E-state index contributed by atoms with van der Waals surface area (Å²) in [5.41, 5.74) is 1.25. The molecule has 0 saturated heterocycles. The topological polar surface area (TPSA) is 114 Å². The van der Waals surface area contributed by atoms with Crippen molar-refractivity contribution in [2.24, 2.45) is 0 Å². The lowest BCUT2D eigenvalue weighted by atomic mass is 10.1. The van der Waals surface area contributed by atoms with Gasteiger partial charge in [0.25, 0.3) is 0 Å². The Morgan fingerprint density at radius 2 is 1.74 bits per heavy atom. The van der Waals surface area contributed by atoms with Gasteiger partial charge in [-0.2, -0.15) is 0 Å². The number of hydrogen-bond acceptors (Lipinski definition) is 6. The second-order valence-corrected chi connectivity index (χ2v) is 8.75. The Hall–Kier alpha value is -2.78. The number of rotatable bonds is 13. The van der Waals surface area contributed by atoms with Crippen LogP contribution in [0.25, 0.3) is 0 Å². The first-order valence-electron chi connectivity index (χ1n) is 10.1. The van der Waals surface area contributed by atoms with Crippen molar-refractivity contribution in [2.45, 2.75) is 37.5 Å². The van der Waals surface area contributed by atoms with Crippen molar-refractivity contribution in [1.82, 2.24) is 4.72 Å². The van der Waals surface area contributed by atoms with Crippen LogP contribution in [0.1, 0.15) is 42.1 Å². The predicted molar refractivity (Wildman–Crippen MR) is 120 cm³/mol. The van der Waals surface area contributed by atoms with Crippen molar-refractivity contribution in [1.29, 1.82) is 0 Å². The lowest BCUT2D eigenvalue weighted by Crippen LogP contribution is -2.25. The number of sulfonamides is 1. The number of ether oxygens (including phenoxy) is 2. The van der Waals surface area contributed by atoms with E-state index in [1.807, 2.05) is 25.1 Å². The summed E-state index contributed by atoms with van der Waals surface area (Å²) in [6.07, 6.45) is 3.25. The van der Waals surface area contributed by atoms with Gasteiger partial charge in [0, 0.05) is 18.8 Å². The fourth-order valence-corrected chi connectivity index (χ4v) is 4.16. The number of aromatic carboxylic acids is 1. The van der Waals surface area contributed by atoms with Gasteiger partial charge in [0.1, 0.15) is 0 Å². The minimum Gasteiger partial charge on any atom is -0.493 e. The molecule has 31 heavy (non-hydrogen) atoms. The summed E-state index contributed by atoms with van der Waals surface area (Å²) in [6.45, 7) is 2.81. The summed E-state index contributed by atoms with van der Waals surface area (Å²) in [5.74, 6) is 0.0522. The van der Waals surface area contributed by atoms with Crippen LogP contribution in [-0.4, -0.2) is 46.8 Å². The highest BCUT2D eigenvalue weighted by Crippen LogP contribution is 2.28. The lowest BCUT2D eigenvalue weighted by molar-refractivity contribution is 0.0697. The van der Waals surface area contributed by atoms with E-state index >= 15 is 0 Å². The van der Waals surface area contributed by atoms with Crippen LogP contribution in [0.5, 0.6) is 11.5 Å². The molecule has 0 atom stereocenters. The van der Waals surface area contributed by atoms with E-state index in [-0.39, 0.29) is 10.5 Å². The van der Waals surface area contributed by atoms with Gasteiger partial charge in [0.15, 0.2) is 11.5 Å². The molecule has 8 nitrogen and oxygen atoms in total. The largest absolute Gasteiger partial charge is 0.493 e. The van der Waals surface area contributed by atoms with Gasteiger partial charge in [-0.3, -0.25) is 0 Å². The minimum absolute atomic E-state index is 0.0631. The standard InChI is InChI=1S/C22H30N2O6S/c1-4-5-6-12-24-31(27,28)17-8-9-19(18(15-17)22(25)26)23-13-11-16-7-10-20(29-2)21(14-16)30-3/h7-10,14-15,23-24H,4-6,11-13H2,1-3H3,(H,25,26). The zero-order valence-electron chi connectivity index (χ0n) is 18.1. The summed E-state index contributed by atoms with van der Waals surface area (Å²) in [6, 6.07) is 9.65. The molecule has 2 aromatic carbocycles. The van der Waals surface area contributed by atoms with Crippen LogP contribution in [0.15, 0.2) is 41.3 Å². The maximum atomic E-state index is 12.4. The van der Waals surface area contributed by atoms with Crippen molar-refractivity contribution < 1.29 is 27.8 Å². The molecule has 0 heterocycles. The molecule has 2 aromatic rings. The molecule has 0 amide bonds. The molecule has 0 aliphatic heterocycles. The Morgan fingerprint density at radius 3 is 2.39 bits per heavy atom. The molecular weight excluding hydrogens is 420 g/mol. The minimum atomic E-state index is -3.76. The van der Waals surface area contributed by atoms with Gasteiger partial charge in [0.2, 0.25) is 10.0 Å². The number of hydrogen-bond donors (Lipinski definition) is 3. The van der Waals surface area contributed by atoms with Gasteiger partial charge < -0.3 is 19.9 Å². The molecule has 0 spiro atoms. The van der Waals surface area contributed by atoms with Crippen molar-refractivity contribution in [2.75, 3.05) is 32.6 Å². The van der Waals surface area contributed by atoms with Gasteiger partial charge in [-0.25, -0.2) is 17.9 Å². The third kappa shape index (κ3) is 6.86. The van der Waals surface area contributed by atoms with E-state index < -0.39 is 16.0 Å². The maximum absolute atomic E-state index is 12.4. The summed E-state index contributed by atoms with van der Waals surface area (Å²) in [7, 11) is -0.629. The SMILES string of the molecule is CCCCCNS(=O)(=O)c1ccc(NCCc2ccc(OC)c(OC)c2)c(C(=O)O)c1. The van der Waals surface area contributed by atoms with Gasteiger partial charge in [-0.15, -0.1) is 0 Å². The van der Waals surface area contributed by atoms with Crippen LogP contribution >= 0.6 is 0 Å². The molecule has 0 fully saturated rings. The average molecular weight is 451 g/mol. The number of carboxylic acids is 1. The molecule has 0 bridgehead atoms. The number of carboxylic acid groups (broad SMARTS) is 1. The summed E-state index contributed by atoms with van der Waals surface area (Å²) < 4.78 is 37.9. The third-order valence-corrected chi connectivity index (χ3v) is 6.24. The van der Waals surface area contributed by atoms with Gasteiger partial charge in [-0.05, 0) is 48.7 Å². The molecule has 9 heteroatoms. The van der Waals surface area contributed by atoms with Crippen LogP contribution in [0.4, 0.5) is 5.69 Å². The molecule has 2 rings (SSSR count). The summed E-state index contributed by atoms with van der Waals surface area (Å²) in [5, 5.41) is 12.6. The second-order valence-electron chi connectivity index (χ2n) is 6.98. The molecule has 3 N–H and O–H groups in total. The van der Waals surface area contributed by atoms with Crippen LogP contribution in [-0.2, 0) is 16.4 Å². The Bertz CT molecular complexity index is 991. The van der Waals surface area contributed by atoms with Crippen molar-refractivity contribution in [3.05, 3.63) is 47.5 Å². The Balaban J connectivity index is 2.09. The van der Waals surface area contributed by atoms with Gasteiger partial charge in [-0.1, -0.05) is 25.8 Å². The molecule has 0 aromatic heterocycles. The van der Waals surface area contributed by atoms with Crippen LogP contribution in [0, 0.1) is 0 Å². The maximum Gasteiger partial charge on any atom is 0.337 e. The number of unbranched alkanes of at least 4 members (excludes halogenated alkanes) is 2. The first kappa shape index (κ1) is 24.5. The van der Waals surface area contributed by atoms with Crippen LogP contribution in [0.2, 0.25) is 0 Å². The fourth-order valence-electron chi connectivity index (χ4n) is 3.06. The number of methoxy groups -OCH3 is 2. The Morgan fingerprint density at radius 1 is 1.00 bits per heavy atom. The highest BCUT2D eigenvalue weighted by molar-refractivity contribution is 7.89. The zero-order chi connectivity index (χ0) is 22.9. The van der Waals surface area contributed by atoms with E-state index in [1.165, 1.54) is 18.2 Å². The monoisotopic (exact) mass is 450 g/mol. The number of nitrogens with one attached hydrogen (secondary N) is 2. The Labute approximate surface area is 183 Å². The van der Waals surface area contributed by atoms with Crippen molar-refractivity contribution in [3.8, 4) is 11.5 Å². The number of carbonyl (C=O) groups is 1. The van der Waals surface area contributed by atoms with E-state index in [4.69, 9.17) is 9.47 Å². The molecule has 0 radical (unpaired) electrons. The van der Waals surface area contributed by atoms with Gasteiger partial charge >= 0.3 is 5.97 Å². The molecule has 0 saturated carbocycles. The lowest BCUT2D eigenvalue weighted by Gasteiger charge is -2.13. The fraction of sp³-hybridized carbons (Fsp3) is 0.409. The summed E-state index contributed by atoms with van der Waals surface area (Å²) in [4.78, 5) is 11.6. The quantitative estimate of drug-likeness (QED) is 0.400. The van der Waals surface area contributed by atoms with E-state index in [9.17, 15) is 18.3 Å². The molecule has 0 aliphatic rings. The average Bonchev–Trinajstić information content (AvgIpc) is 2.76. The summed E-state index contributed by atoms with van der Waals surface area (Å²) >= 11 is 0. The van der Waals surface area contributed by atoms with Crippen LogP contribution < -0.4 is 19.5 Å². The van der Waals surface area contributed by atoms with Crippen molar-refractivity contribution in [3.63, 3.8) is 0 Å². The predicted octanol–water partition coefficient (Wildman–Crippen LogP) is 3.53. The van der Waals surface area contributed by atoms with Gasteiger partial charge in [0.05, 0.1) is 24.7 Å². The van der Waals surface area contributed by atoms with E-state index in [0.29, 0.717) is 36.7 Å². The first-order chi connectivity index (χ1) is 14.8. The number of anilines is 1. The van der Waals surface area contributed by atoms with E-state index in [2.05, 4.69) is 10.0 Å². The van der Waals surface area contributed by atoms with E-state index in [1.54, 1.807) is 14.2 Å². The Kier molecular flexibility index (Phi) is 9.14. The molecule has 0 aliphatic carbocycles. The zero-order valence-corrected chi connectivity index (χ0v) is 18.9. The smallest absolute Gasteiger partial charge is 0.337 e. The second kappa shape index (κ2) is 11.6. The molecular formula is C22H30N2O6S. The van der Waals surface area contributed by atoms with Crippen molar-refractivity contribution >= 4 is 21.7 Å². The highest BCUT2D eigenvalue weighted by Gasteiger charge is 2.18. The normalized spacial score (nSPS) is 11.2. The molecule has 170 valence electrons. The third-order valence-electron chi connectivity index (χ3n) is 4.78. The highest BCUT2D eigenvalue weighted by atomic mass is 32.2. The number of benzene rings is 2. The molecule has 0 unspecified atom stereocenters.